The summed E-state index contributed by atoms with van der Waals surface area (Å²) in [6.45, 7) is 4.70. The van der Waals surface area contributed by atoms with Crippen LogP contribution in [0.3, 0.4) is 0 Å². The number of hydrogen-bond acceptors (Lipinski definition) is 2. The Labute approximate surface area is 101 Å². The Bertz CT molecular complexity index is 279. The van der Waals surface area contributed by atoms with Gasteiger partial charge < -0.3 is 10.2 Å². The second-order valence-electron chi connectivity index (χ2n) is 4.51. The van der Waals surface area contributed by atoms with Gasteiger partial charge in [0.1, 0.15) is 5.54 Å². The molecule has 4 nitrogen and oxygen atoms in total. The normalized spacial score (nSPS) is 19.4. The molecule has 1 heterocycles. The van der Waals surface area contributed by atoms with Gasteiger partial charge in [-0.1, -0.05) is 0 Å². The number of carbonyl (C=O) groups excluding carboxylic acids is 2. The van der Waals surface area contributed by atoms with Crippen molar-refractivity contribution in [3.63, 3.8) is 0 Å². The first-order chi connectivity index (χ1) is 7.50. The fraction of sp³-hybridized carbons (Fsp3) is 0.818. The van der Waals surface area contributed by atoms with Crippen LogP contribution in [-0.2, 0) is 9.59 Å². The minimum absolute atomic E-state index is 0.0463. The van der Waals surface area contributed by atoms with Gasteiger partial charge in [-0.05, 0) is 26.7 Å². The highest BCUT2D eigenvalue weighted by Crippen LogP contribution is 2.19. The molecule has 1 fully saturated rings. The van der Waals surface area contributed by atoms with Gasteiger partial charge in [-0.25, -0.2) is 0 Å². The SMILES string of the molecule is CC1(C)C(=O)NCCN1C(=O)CCCCCl. The van der Waals surface area contributed by atoms with Crippen LogP contribution in [0.25, 0.3) is 0 Å². The third-order valence-electron chi connectivity index (χ3n) is 2.93. The van der Waals surface area contributed by atoms with Crippen molar-refractivity contribution in [3.05, 3.63) is 0 Å². The van der Waals surface area contributed by atoms with E-state index in [4.69, 9.17) is 11.6 Å². The molecular weight excluding hydrogens is 228 g/mol. The third kappa shape index (κ3) is 2.88. The number of piperazine rings is 1. The molecule has 1 saturated heterocycles. The summed E-state index contributed by atoms with van der Waals surface area (Å²) in [5.41, 5.74) is -0.726. The van der Waals surface area contributed by atoms with Crippen LogP contribution in [0.1, 0.15) is 33.1 Å². The highest BCUT2D eigenvalue weighted by molar-refractivity contribution is 6.17. The predicted molar refractivity (Wildman–Crippen MR) is 63.4 cm³/mol. The third-order valence-corrected chi connectivity index (χ3v) is 3.19. The fourth-order valence-electron chi connectivity index (χ4n) is 1.84. The largest absolute Gasteiger partial charge is 0.352 e. The predicted octanol–water partition coefficient (Wildman–Crippen LogP) is 1.13. The van der Waals surface area contributed by atoms with Gasteiger partial charge in [0, 0.05) is 25.4 Å². The first-order valence-corrected chi connectivity index (χ1v) is 6.18. The summed E-state index contributed by atoms with van der Waals surface area (Å²) >= 11 is 5.56. The molecular formula is C11H19ClN2O2. The molecule has 0 bridgehead atoms. The maximum Gasteiger partial charge on any atom is 0.245 e. The van der Waals surface area contributed by atoms with E-state index < -0.39 is 5.54 Å². The zero-order chi connectivity index (χ0) is 12.2. The van der Waals surface area contributed by atoms with E-state index in [1.54, 1.807) is 18.7 Å². The number of hydrogen-bond donors (Lipinski definition) is 1. The number of carbonyl (C=O) groups is 2. The topological polar surface area (TPSA) is 49.4 Å². The van der Waals surface area contributed by atoms with E-state index in [-0.39, 0.29) is 11.8 Å². The number of halogens is 1. The van der Waals surface area contributed by atoms with E-state index in [1.807, 2.05) is 0 Å². The van der Waals surface area contributed by atoms with Crippen LogP contribution >= 0.6 is 11.6 Å². The first kappa shape index (κ1) is 13.3. The molecule has 0 saturated carbocycles. The molecule has 1 N–H and O–H groups in total. The van der Waals surface area contributed by atoms with Crippen LogP contribution in [0.15, 0.2) is 0 Å². The molecule has 92 valence electrons. The maximum atomic E-state index is 11.9. The van der Waals surface area contributed by atoms with Gasteiger partial charge in [-0.3, -0.25) is 9.59 Å². The molecule has 0 aliphatic carbocycles. The molecule has 0 aromatic rings. The van der Waals surface area contributed by atoms with Crippen molar-refractivity contribution in [2.75, 3.05) is 19.0 Å². The Morgan fingerprint density at radius 2 is 2.19 bits per heavy atom. The Morgan fingerprint density at radius 3 is 2.81 bits per heavy atom. The first-order valence-electron chi connectivity index (χ1n) is 5.65. The molecule has 0 radical (unpaired) electrons. The van der Waals surface area contributed by atoms with Crippen molar-refractivity contribution in [2.45, 2.75) is 38.6 Å². The zero-order valence-electron chi connectivity index (χ0n) is 9.88. The van der Waals surface area contributed by atoms with Crippen molar-refractivity contribution in [1.82, 2.24) is 10.2 Å². The van der Waals surface area contributed by atoms with Crippen molar-refractivity contribution < 1.29 is 9.59 Å². The molecule has 1 aliphatic heterocycles. The lowest BCUT2D eigenvalue weighted by molar-refractivity contribution is -0.149. The monoisotopic (exact) mass is 246 g/mol. The molecule has 0 aromatic carbocycles. The van der Waals surface area contributed by atoms with Gasteiger partial charge in [-0.15, -0.1) is 11.6 Å². The summed E-state index contributed by atoms with van der Waals surface area (Å²) in [4.78, 5) is 25.2. The van der Waals surface area contributed by atoms with Gasteiger partial charge in [0.05, 0.1) is 0 Å². The standard InChI is InChI=1S/C11H19ClN2O2/c1-11(2)10(16)13-7-8-14(11)9(15)5-3-4-6-12/h3-8H2,1-2H3,(H,13,16). The molecule has 5 heteroatoms. The van der Waals surface area contributed by atoms with Crippen LogP contribution < -0.4 is 5.32 Å². The Balaban J connectivity index is 2.56. The quantitative estimate of drug-likeness (QED) is 0.597. The molecule has 0 unspecified atom stereocenters. The van der Waals surface area contributed by atoms with Gasteiger partial charge >= 0.3 is 0 Å². The van der Waals surface area contributed by atoms with Gasteiger partial charge in [0.15, 0.2) is 0 Å². The summed E-state index contributed by atoms with van der Waals surface area (Å²) in [6.07, 6.45) is 2.10. The Morgan fingerprint density at radius 1 is 1.50 bits per heavy atom. The molecule has 1 rings (SSSR count). The Kier molecular flexibility index (Phi) is 4.59. The van der Waals surface area contributed by atoms with Crippen molar-refractivity contribution in [2.24, 2.45) is 0 Å². The van der Waals surface area contributed by atoms with Crippen LogP contribution in [-0.4, -0.2) is 41.2 Å². The van der Waals surface area contributed by atoms with Crippen molar-refractivity contribution in [1.29, 1.82) is 0 Å². The number of alkyl halides is 1. The van der Waals surface area contributed by atoms with Gasteiger partial charge in [0.2, 0.25) is 11.8 Å². The molecule has 0 spiro atoms. The second kappa shape index (κ2) is 5.53. The highest BCUT2D eigenvalue weighted by atomic mass is 35.5. The summed E-state index contributed by atoms with van der Waals surface area (Å²) in [5.74, 6) is 0.548. The summed E-state index contributed by atoms with van der Waals surface area (Å²) < 4.78 is 0. The zero-order valence-corrected chi connectivity index (χ0v) is 10.6. The van der Waals surface area contributed by atoms with Crippen LogP contribution in [0.2, 0.25) is 0 Å². The van der Waals surface area contributed by atoms with Crippen molar-refractivity contribution >= 4 is 23.4 Å². The number of unbranched alkanes of at least 4 members (excludes halogenated alkanes) is 1. The lowest BCUT2D eigenvalue weighted by Crippen LogP contribution is -2.63. The minimum Gasteiger partial charge on any atom is -0.352 e. The number of nitrogens with zero attached hydrogens (tertiary/aromatic N) is 1. The van der Waals surface area contributed by atoms with Gasteiger partial charge in [-0.2, -0.15) is 0 Å². The minimum atomic E-state index is -0.726. The molecule has 2 amide bonds. The number of nitrogens with one attached hydrogen (secondary N) is 1. The van der Waals surface area contributed by atoms with E-state index in [2.05, 4.69) is 5.32 Å². The van der Waals surface area contributed by atoms with E-state index >= 15 is 0 Å². The summed E-state index contributed by atoms with van der Waals surface area (Å²) in [5, 5.41) is 2.77. The Hall–Kier alpha value is -0.770. The second-order valence-corrected chi connectivity index (χ2v) is 4.88. The lowest BCUT2D eigenvalue weighted by Gasteiger charge is -2.41. The van der Waals surface area contributed by atoms with E-state index in [1.165, 1.54) is 0 Å². The average molecular weight is 247 g/mol. The lowest BCUT2D eigenvalue weighted by atomic mass is 9.98. The van der Waals surface area contributed by atoms with Gasteiger partial charge in [0.25, 0.3) is 0 Å². The van der Waals surface area contributed by atoms with Crippen molar-refractivity contribution in [3.8, 4) is 0 Å². The van der Waals surface area contributed by atoms with Crippen LogP contribution in [0, 0.1) is 0 Å². The molecule has 0 atom stereocenters. The maximum absolute atomic E-state index is 11.9. The number of rotatable bonds is 4. The molecule has 1 aliphatic rings. The van der Waals surface area contributed by atoms with E-state index in [0.717, 1.165) is 12.8 Å². The van der Waals surface area contributed by atoms with E-state index in [9.17, 15) is 9.59 Å². The summed E-state index contributed by atoms with van der Waals surface area (Å²) in [6, 6.07) is 0. The van der Waals surface area contributed by atoms with Crippen LogP contribution in [0.5, 0.6) is 0 Å². The highest BCUT2D eigenvalue weighted by Gasteiger charge is 2.39. The smallest absolute Gasteiger partial charge is 0.245 e. The molecule has 0 aromatic heterocycles. The number of amides is 2. The fourth-order valence-corrected chi connectivity index (χ4v) is 2.03. The van der Waals surface area contributed by atoms with E-state index in [0.29, 0.717) is 25.4 Å². The average Bonchev–Trinajstić information content (AvgIpc) is 2.22. The van der Waals surface area contributed by atoms with Crippen LogP contribution in [0.4, 0.5) is 0 Å². The molecule has 16 heavy (non-hydrogen) atoms. The summed E-state index contributed by atoms with van der Waals surface area (Å²) in [7, 11) is 0.